The summed E-state index contributed by atoms with van der Waals surface area (Å²) in [6.07, 6.45) is -27.3. The molecule has 0 amide bonds. The number of ether oxygens (including phenoxy) is 1. The van der Waals surface area contributed by atoms with Crippen LogP contribution in [0.4, 0.5) is 52.7 Å². The quantitative estimate of drug-likeness (QED) is 0.236. The van der Waals surface area contributed by atoms with Crippen LogP contribution in [0.1, 0.15) is 55.4 Å². The molecular weight excluding hydrogens is 664 g/mol. The Morgan fingerprint density at radius 2 is 1.37 bits per heavy atom. The molecule has 1 atom stereocenters. The summed E-state index contributed by atoms with van der Waals surface area (Å²) >= 11 is 5.56. The van der Waals surface area contributed by atoms with E-state index in [2.05, 4.69) is 0 Å². The molecule has 43 heavy (non-hydrogen) atoms. The van der Waals surface area contributed by atoms with Crippen LogP contribution < -0.4 is 0 Å². The molecule has 0 spiro atoms. The highest BCUT2D eigenvalue weighted by atomic mass is 35.5. The van der Waals surface area contributed by atoms with E-state index in [1.54, 1.807) is 0 Å². The van der Waals surface area contributed by atoms with Gasteiger partial charge in [0.1, 0.15) is 4.90 Å². The highest BCUT2D eigenvalue weighted by molar-refractivity contribution is 7.86. The van der Waals surface area contributed by atoms with Gasteiger partial charge in [0, 0.05) is 11.3 Å². The lowest BCUT2D eigenvalue weighted by Crippen LogP contribution is -2.62. The number of hydrogen-bond acceptors (Lipinski definition) is 4. The van der Waals surface area contributed by atoms with Gasteiger partial charge >= 0.3 is 24.7 Å². The summed E-state index contributed by atoms with van der Waals surface area (Å²) in [5, 5.41) is 6.17. The monoisotopic (exact) mass is 684 g/mol. The number of rotatable bonds is 6. The van der Waals surface area contributed by atoms with Crippen LogP contribution >= 0.6 is 11.6 Å². The lowest BCUT2D eigenvalue weighted by molar-refractivity contribution is -0.387. The highest BCUT2D eigenvalue weighted by Gasteiger charge is 2.73. The molecule has 3 rings (SSSR count). The third-order valence-corrected chi connectivity index (χ3v) is 8.63. The molecule has 19 heteroatoms. The highest BCUT2D eigenvalue weighted by Crippen LogP contribution is 2.53. The normalized spacial score (nSPS) is 20.5. The summed E-state index contributed by atoms with van der Waals surface area (Å²) in [4.78, 5) is -2.13. The van der Waals surface area contributed by atoms with Crippen LogP contribution in [0.25, 0.3) is 10.8 Å². The Balaban J connectivity index is 2.00. The zero-order valence-electron chi connectivity index (χ0n) is 21.4. The van der Waals surface area contributed by atoms with Crippen LogP contribution in [0.15, 0.2) is 23.1 Å². The van der Waals surface area contributed by atoms with Crippen molar-refractivity contribution in [3.8, 4) is 0 Å². The van der Waals surface area contributed by atoms with E-state index in [9.17, 15) is 70.8 Å². The minimum atomic E-state index is -6.04. The summed E-state index contributed by atoms with van der Waals surface area (Å²) in [5.41, 5.74) is -10.2. The van der Waals surface area contributed by atoms with Crippen molar-refractivity contribution in [2.45, 2.75) is 73.9 Å². The fourth-order valence-corrected chi connectivity index (χ4v) is 6.58. The second-order valence-electron chi connectivity index (χ2n) is 10.1. The maximum Gasteiger partial charge on any atom is 0.426 e. The Bertz CT molecular complexity index is 1440. The lowest BCUT2D eigenvalue weighted by atomic mass is 9.72. The average Bonchev–Trinajstić information content (AvgIpc) is 2.82. The number of hydrogen-bond donors (Lipinski definition) is 2. The van der Waals surface area contributed by atoms with E-state index in [4.69, 9.17) is 16.3 Å². The van der Waals surface area contributed by atoms with Crippen LogP contribution in [0.3, 0.4) is 0 Å². The lowest BCUT2D eigenvalue weighted by Gasteiger charge is -2.42. The maximum atomic E-state index is 14.2. The molecule has 0 heterocycles. The van der Waals surface area contributed by atoms with Crippen LogP contribution in [0.2, 0.25) is 5.02 Å². The Morgan fingerprint density at radius 3 is 1.79 bits per heavy atom. The molecular formula is C24H21ClF12O5S. The van der Waals surface area contributed by atoms with Crippen molar-refractivity contribution in [3.05, 3.63) is 39.9 Å². The maximum absolute atomic E-state index is 14.2. The number of halogens is 13. The molecule has 1 aliphatic carbocycles. The predicted molar refractivity (Wildman–Crippen MR) is 126 cm³/mol. The smallest absolute Gasteiger partial charge is 0.374 e. The van der Waals surface area contributed by atoms with Gasteiger partial charge in [0.15, 0.2) is 0 Å². The van der Waals surface area contributed by atoms with Gasteiger partial charge in [0.25, 0.3) is 15.7 Å². The summed E-state index contributed by atoms with van der Waals surface area (Å²) in [7, 11) is -6.02. The summed E-state index contributed by atoms with van der Waals surface area (Å²) in [5.74, 6) is -3.08. The average molecular weight is 685 g/mol. The van der Waals surface area contributed by atoms with Crippen molar-refractivity contribution < 1.29 is 75.5 Å². The van der Waals surface area contributed by atoms with Gasteiger partial charge in [-0.15, -0.1) is 0 Å². The van der Waals surface area contributed by atoms with Gasteiger partial charge in [-0.05, 0) is 61.6 Å². The van der Waals surface area contributed by atoms with E-state index < -0.39 is 115 Å². The number of aliphatic hydroxyl groups is 1. The minimum Gasteiger partial charge on any atom is -0.374 e. The fourth-order valence-electron chi connectivity index (χ4n) is 5.34. The van der Waals surface area contributed by atoms with Crippen molar-refractivity contribution in [2.75, 3.05) is 6.61 Å². The van der Waals surface area contributed by atoms with Gasteiger partial charge in [-0.25, -0.2) is 0 Å². The first kappa shape index (κ1) is 35.5. The third-order valence-electron chi connectivity index (χ3n) is 7.39. The largest absolute Gasteiger partial charge is 0.426 e. The first-order valence-corrected chi connectivity index (χ1v) is 13.9. The molecule has 244 valence electrons. The molecule has 1 fully saturated rings. The van der Waals surface area contributed by atoms with Gasteiger partial charge in [-0.3, -0.25) is 4.55 Å². The molecule has 1 saturated carbocycles. The first-order valence-electron chi connectivity index (χ1n) is 12.1. The minimum absolute atomic E-state index is 0.376. The zero-order chi connectivity index (χ0) is 33.1. The third kappa shape index (κ3) is 6.82. The second-order valence-corrected chi connectivity index (χ2v) is 11.9. The molecule has 2 N–H and O–H groups in total. The molecule has 1 unspecified atom stereocenters. The van der Waals surface area contributed by atoms with E-state index in [1.807, 2.05) is 0 Å². The molecule has 1 aliphatic rings. The van der Waals surface area contributed by atoms with Crippen LogP contribution in [-0.4, -0.2) is 42.6 Å². The standard InChI is InChI=1S/C24H21ClF12O5S/c1-10(42-9-11-2-5-13(6-3-11)20(38,23(32,33)34)24(35,36)37)14-8-12-4-7-15(25)18(22(29,30)31)16(12)19(43(39,40)41)17(14)21(26,27)28/h4,7-8,10-11,13,38H,2-3,5-6,9H2,1H3,(H,39,40,41). The molecule has 0 bridgehead atoms. The van der Waals surface area contributed by atoms with E-state index in [-0.39, 0.29) is 12.8 Å². The topological polar surface area (TPSA) is 83.8 Å². The van der Waals surface area contributed by atoms with E-state index in [0.717, 1.165) is 13.0 Å². The van der Waals surface area contributed by atoms with Crippen molar-refractivity contribution in [1.29, 1.82) is 0 Å². The van der Waals surface area contributed by atoms with E-state index in [0.29, 0.717) is 12.1 Å². The number of fused-ring (bicyclic) bond motifs is 1. The van der Waals surface area contributed by atoms with Gasteiger partial charge in [0.2, 0.25) is 0 Å². The molecule has 2 aromatic carbocycles. The van der Waals surface area contributed by atoms with Crippen LogP contribution in [-0.2, 0) is 27.2 Å². The second kappa shape index (κ2) is 11.4. The summed E-state index contributed by atoms with van der Waals surface area (Å²) in [6.45, 7) is 0.387. The van der Waals surface area contributed by atoms with Crippen molar-refractivity contribution in [1.82, 2.24) is 0 Å². The van der Waals surface area contributed by atoms with Crippen molar-refractivity contribution in [3.63, 3.8) is 0 Å². The Kier molecular flexibility index (Phi) is 9.41. The fraction of sp³-hybridized carbons (Fsp3) is 0.583. The van der Waals surface area contributed by atoms with Crippen LogP contribution in [0.5, 0.6) is 0 Å². The molecule has 0 aliphatic heterocycles. The van der Waals surface area contributed by atoms with E-state index in [1.165, 1.54) is 0 Å². The zero-order valence-corrected chi connectivity index (χ0v) is 23.0. The van der Waals surface area contributed by atoms with Gasteiger partial charge in [-0.1, -0.05) is 17.7 Å². The summed E-state index contributed by atoms with van der Waals surface area (Å²) < 4.78 is 203. The number of benzene rings is 2. The van der Waals surface area contributed by atoms with Crippen molar-refractivity contribution in [2.24, 2.45) is 11.8 Å². The predicted octanol–water partition coefficient (Wildman–Crippen LogP) is 8.52. The Labute approximate surface area is 240 Å². The van der Waals surface area contributed by atoms with Gasteiger partial charge in [0.05, 0.1) is 28.9 Å². The first-order chi connectivity index (χ1) is 19.2. The number of alkyl halides is 12. The molecule has 2 aromatic rings. The SMILES string of the molecule is CC(OCC1CCC(C(O)(C(F)(F)F)C(F)(F)F)CC1)c1cc2ccc(Cl)c(C(F)(F)F)c2c(S(=O)(=O)O)c1C(F)(F)F. The van der Waals surface area contributed by atoms with Crippen molar-refractivity contribution >= 4 is 32.5 Å². The molecule has 0 saturated heterocycles. The summed E-state index contributed by atoms with van der Waals surface area (Å²) in [6, 6.07) is 1.97. The van der Waals surface area contributed by atoms with Gasteiger partial charge in [-0.2, -0.15) is 61.1 Å². The Morgan fingerprint density at radius 1 is 0.884 bits per heavy atom. The van der Waals surface area contributed by atoms with Crippen LogP contribution in [0, 0.1) is 11.8 Å². The Hall–Kier alpha value is -2.02. The molecule has 5 nitrogen and oxygen atoms in total. The molecule has 0 radical (unpaired) electrons. The van der Waals surface area contributed by atoms with Gasteiger partial charge < -0.3 is 9.84 Å². The van der Waals surface area contributed by atoms with E-state index >= 15 is 0 Å². The molecule has 0 aromatic heterocycles.